The monoisotopic (exact) mass is 317 g/mol. The quantitative estimate of drug-likeness (QED) is 0.821. The van der Waals surface area contributed by atoms with E-state index in [1.807, 2.05) is 27.7 Å². The zero-order valence-electron chi connectivity index (χ0n) is 11.9. The fraction of sp³-hybridized carbons (Fsp3) is 0.538. The lowest BCUT2D eigenvalue weighted by Crippen LogP contribution is -2.41. The van der Waals surface area contributed by atoms with E-state index >= 15 is 0 Å². The summed E-state index contributed by atoms with van der Waals surface area (Å²) in [6.07, 6.45) is 0. The Morgan fingerprint density at radius 2 is 1.50 bits per heavy atom. The second-order valence-electron chi connectivity index (χ2n) is 5.98. The maximum absolute atomic E-state index is 9.58. The van der Waals surface area contributed by atoms with E-state index in [1.54, 1.807) is 12.1 Å². The molecule has 1 heterocycles. The zero-order valence-corrected chi connectivity index (χ0v) is 13.4. The van der Waals surface area contributed by atoms with Crippen molar-refractivity contribution in [3.05, 3.63) is 27.7 Å². The number of hydrogen-bond donors (Lipinski definition) is 2. The van der Waals surface area contributed by atoms with Gasteiger partial charge in [0, 0.05) is 0 Å². The molecule has 1 aromatic carbocycles. The van der Waals surface area contributed by atoms with Gasteiger partial charge >= 0.3 is 7.12 Å². The highest BCUT2D eigenvalue weighted by molar-refractivity contribution is 6.47. The van der Waals surface area contributed by atoms with E-state index in [1.165, 1.54) is 0 Å². The van der Waals surface area contributed by atoms with E-state index in [9.17, 15) is 5.11 Å². The lowest BCUT2D eigenvalue weighted by atomic mass is 9.75. The molecule has 1 fully saturated rings. The van der Waals surface area contributed by atoms with Crippen LogP contribution in [0.2, 0.25) is 10.0 Å². The van der Waals surface area contributed by atoms with Gasteiger partial charge in [-0.25, -0.2) is 0 Å². The maximum atomic E-state index is 9.58. The van der Waals surface area contributed by atoms with Crippen molar-refractivity contribution in [3.63, 3.8) is 0 Å². The Morgan fingerprint density at radius 1 is 1.10 bits per heavy atom. The fourth-order valence-electron chi connectivity index (χ4n) is 1.97. The molecule has 0 saturated carbocycles. The Morgan fingerprint density at radius 3 is 1.90 bits per heavy atom. The van der Waals surface area contributed by atoms with Crippen LogP contribution in [0.4, 0.5) is 0 Å². The van der Waals surface area contributed by atoms with Crippen molar-refractivity contribution in [1.29, 1.82) is 0 Å². The van der Waals surface area contributed by atoms with Gasteiger partial charge in [0.25, 0.3) is 0 Å². The third-order valence-corrected chi connectivity index (χ3v) is 4.57. The smallest absolute Gasteiger partial charge is 0.480 e. The summed E-state index contributed by atoms with van der Waals surface area (Å²) in [5.74, 6) is -0.704. The first-order valence-electron chi connectivity index (χ1n) is 6.34. The Bertz CT molecular complexity index is 497. The summed E-state index contributed by atoms with van der Waals surface area (Å²) in [7, 11) is -0.600. The molecule has 0 spiro atoms. The molecule has 2 rings (SSSR count). The SMILES string of the molecule is CC1(C)OB([C@@H](N)c2cc(Cl)c(O)c(Cl)c2)OC1(C)C. The molecule has 7 heteroatoms. The van der Waals surface area contributed by atoms with Gasteiger partial charge in [-0.3, -0.25) is 0 Å². The van der Waals surface area contributed by atoms with Crippen molar-refractivity contribution in [2.75, 3.05) is 0 Å². The van der Waals surface area contributed by atoms with Gasteiger partial charge in [-0.1, -0.05) is 23.2 Å². The molecule has 1 saturated heterocycles. The Hall–Kier alpha value is -0.455. The minimum Gasteiger partial charge on any atom is -0.505 e. The second kappa shape index (κ2) is 5.07. The van der Waals surface area contributed by atoms with Crippen LogP contribution in [-0.4, -0.2) is 23.4 Å². The van der Waals surface area contributed by atoms with Crippen molar-refractivity contribution in [2.24, 2.45) is 5.73 Å². The van der Waals surface area contributed by atoms with Gasteiger partial charge in [-0.15, -0.1) is 0 Å². The van der Waals surface area contributed by atoms with Crippen LogP contribution in [-0.2, 0) is 9.31 Å². The molecule has 1 aliphatic rings. The number of nitrogens with two attached hydrogens (primary N) is 1. The number of halogens is 2. The molecule has 1 aromatic rings. The first-order valence-corrected chi connectivity index (χ1v) is 7.10. The largest absolute Gasteiger partial charge is 0.505 e. The van der Waals surface area contributed by atoms with Crippen molar-refractivity contribution in [3.8, 4) is 5.75 Å². The first kappa shape index (κ1) is 15.9. The summed E-state index contributed by atoms with van der Waals surface area (Å²) < 4.78 is 11.8. The summed E-state index contributed by atoms with van der Waals surface area (Å²) >= 11 is 11.8. The normalized spacial score (nSPS) is 22.1. The van der Waals surface area contributed by atoms with Crippen LogP contribution in [0.1, 0.15) is 39.2 Å². The molecular formula is C13H18BCl2NO3. The zero-order chi connectivity index (χ0) is 15.3. The highest BCUT2D eigenvalue weighted by Crippen LogP contribution is 2.41. The van der Waals surface area contributed by atoms with Crippen molar-refractivity contribution < 1.29 is 14.4 Å². The molecule has 1 aliphatic heterocycles. The predicted octanol–water partition coefficient (Wildman–Crippen LogP) is 3.33. The summed E-state index contributed by atoms with van der Waals surface area (Å²) in [5, 5.41) is 9.88. The molecule has 0 amide bonds. The van der Waals surface area contributed by atoms with Crippen molar-refractivity contribution in [1.82, 2.24) is 0 Å². The third kappa shape index (κ3) is 2.65. The summed E-state index contributed by atoms with van der Waals surface area (Å²) in [6, 6.07) is 3.14. The molecule has 0 bridgehead atoms. The van der Waals surface area contributed by atoms with Gasteiger partial charge in [-0.05, 0) is 45.4 Å². The molecule has 1 atom stereocenters. The molecule has 110 valence electrons. The minimum atomic E-state index is -0.600. The van der Waals surface area contributed by atoms with Gasteiger partial charge < -0.3 is 20.1 Å². The summed E-state index contributed by atoms with van der Waals surface area (Å²) in [5.41, 5.74) is 5.91. The van der Waals surface area contributed by atoms with Gasteiger partial charge in [0.15, 0.2) is 5.75 Å². The van der Waals surface area contributed by atoms with Gasteiger partial charge in [0.1, 0.15) is 0 Å². The van der Waals surface area contributed by atoms with E-state index in [-0.39, 0.29) is 15.8 Å². The number of benzene rings is 1. The number of rotatable bonds is 2. The Balaban J connectivity index is 2.28. The molecule has 20 heavy (non-hydrogen) atoms. The lowest BCUT2D eigenvalue weighted by Gasteiger charge is -2.32. The van der Waals surface area contributed by atoms with E-state index < -0.39 is 24.3 Å². The van der Waals surface area contributed by atoms with E-state index in [2.05, 4.69) is 0 Å². The molecular weight excluding hydrogens is 300 g/mol. The van der Waals surface area contributed by atoms with Crippen molar-refractivity contribution >= 4 is 30.3 Å². The van der Waals surface area contributed by atoms with E-state index in [0.717, 1.165) is 0 Å². The predicted molar refractivity (Wildman–Crippen MR) is 81.1 cm³/mol. The van der Waals surface area contributed by atoms with E-state index in [0.29, 0.717) is 5.56 Å². The highest BCUT2D eigenvalue weighted by atomic mass is 35.5. The number of phenolic OH excluding ortho intramolecular Hbond substituents is 1. The van der Waals surface area contributed by atoms with Crippen LogP contribution in [0.5, 0.6) is 5.75 Å². The Kier molecular flexibility index (Phi) is 4.04. The van der Waals surface area contributed by atoms with Crippen LogP contribution in [0.3, 0.4) is 0 Å². The topological polar surface area (TPSA) is 64.7 Å². The van der Waals surface area contributed by atoms with Crippen molar-refractivity contribution in [2.45, 2.75) is 44.8 Å². The van der Waals surface area contributed by atoms with Gasteiger partial charge in [-0.2, -0.15) is 0 Å². The standard InChI is InChI=1S/C13H18BCl2NO3/c1-12(2)13(3,4)20-14(19-12)11(17)7-5-8(15)10(18)9(16)6-7/h5-6,11,18H,17H2,1-4H3/t11-/m0/s1. The highest BCUT2D eigenvalue weighted by Gasteiger charge is 2.53. The van der Waals surface area contributed by atoms with Crippen LogP contribution in [0, 0.1) is 0 Å². The minimum absolute atomic E-state index is 0.152. The molecule has 0 aromatic heterocycles. The maximum Gasteiger partial charge on any atom is 0.480 e. The number of hydrogen-bond acceptors (Lipinski definition) is 4. The molecule has 3 N–H and O–H groups in total. The van der Waals surface area contributed by atoms with Gasteiger partial charge in [0.2, 0.25) is 0 Å². The van der Waals surface area contributed by atoms with Crippen LogP contribution < -0.4 is 5.73 Å². The Labute approximate surface area is 129 Å². The van der Waals surface area contributed by atoms with Crippen LogP contribution >= 0.6 is 23.2 Å². The van der Waals surface area contributed by atoms with Crippen LogP contribution in [0.15, 0.2) is 12.1 Å². The number of phenols is 1. The van der Waals surface area contributed by atoms with Crippen LogP contribution in [0.25, 0.3) is 0 Å². The average molecular weight is 318 g/mol. The molecule has 0 aliphatic carbocycles. The summed E-state index contributed by atoms with van der Waals surface area (Å²) in [6.45, 7) is 7.82. The molecule has 0 radical (unpaired) electrons. The second-order valence-corrected chi connectivity index (χ2v) is 6.80. The third-order valence-electron chi connectivity index (χ3n) is 3.99. The summed E-state index contributed by atoms with van der Waals surface area (Å²) in [4.78, 5) is 0. The average Bonchev–Trinajstić information content (AvgIpc) is 2.54. The number of aromatic hydroxyl groups is 1. The lowest BCUT2D eigenvalue weighted by molar-refractivity contribution is 0.00578. The van der Waals surface area contributed by atoms with E-state index in [4.69, 9.17) is 38.2 Å². The molecule has 0 unspecified atom stereocenters. The first-order chi connectivity index (χ1) is 9.05. The molecule has 4 nitrogen and oxygen atoms in total. The fourth-order valence-corrected chi connectivity index (χ4v) is 2.47. The van der Waals surface area contributed by atoms with Gasteiger partial charge in [0.05, 0.1) is 27.2 Å².